The van der Waals surface area contributed by atoms with Gasteiger partial charge in [-0.1, -0.05) is 0 Å². The van der Waals surface area contributed by atoms with Crippen molar-refractivity contribution in [3.63, 3.8) is 0 Å². The highest BCUT2D eigenvalue weighted by Crippen LogP contribution is 2.34. The van der Waals surface area contributed by atoms with Crippen LogP contribution in [0.15, 0.2) is 12.1 Å². The number of benzene rings is 1. The second-order valence-electron chi connectivity index (χ2n) is 3.71. The lowest BCUT2D eigenvalue weighted by molar-refractivity contribution is 0.138. The molecule has 0 saturated heterocycles. The van der Waals surface area contributed by atoms with Crippen LogP contribution in [0, 0.1) is 9.64 Å². The van der Waals surface area contributed by atoms with E-state index in [4.69, 9.17) is 4.74 Å². The second-order valence-corrected chi connectivity index (χ2v) is 4.96. The molecule has 0 aliphatic carbocycles. The smallest absolute Gasteiger partial charge is 0.131 e. The quantitative estimate of drug-likeness (QED) is 0.660. The fraction of sp³-hybridized carbons (Fsp3) is 0.400. The van der Waals surface area contributed by atoms with Gasteiger partial charge in [0.2, 0.25) is 0 Å². The summed E-state index contributed by atoms with van der Waals surface area (Å²) in [4.78, 5) is 0. The van der Waals surface area contributed by atoms with E-state index in [0.29, 0.717) is 0 Å². The summed E-state index contributed by atoms with van der Waals surface area (Å²) < 4.78 is 6.92. The molecule has 0 unspecified atom stereocenters. The largest absolute Gasteiger partial charge is 0.487 e. The molecule has 1 aromatic carbocycles. The zero-order chi connectivity index (χ0) is 8.77. The Balaban J connectivity index is 2.43. The molecule has 2 heteroatoms. The van der Waals surface area contributed by atoms with Crippen molar-refractivity contribution in [3.05, 3.63) is 27.3 Å². The van der Waals surface area contributed by atoms with Gasteiger partial charge in [0.05, 0.1) is 0 Å². The second kappa shape index (κ2) is 2.62. The molecule has 0 bridgehead atoms. The fourth-order valence-corrected chi connectivity index (χ4v) is 2.03. The van der Waals surface area contributed by atoms with E-state index < -0.39 is 0 Å². The molecule has 1 radical (unpaired) electrons. The molecule has 0 fully saturated rings. The van der Waals surface area contributed by atoms with Gasteiger partial charge in [-0.05, 0) is 54.1 Å². The maximum absolute atomic E-state index is 5.69. The minimum absolute atomic E-state index is 0.0384. The molecule has 2 rings (SSSR count). The minimum atomic E-state index is -0.0384. The number of rotatable bonds is 0. The summed E-state index contributed by atoms with van der Waals surface area (Å²) in [7, 11) is 0. The van der Waals surface area contributed by atoms with Crippen LogP contribution in [-0.4, -0.2) is 5.60 Å². The molecule has 0 saturated carbocycles. The molecular weight excluding hydrogens is 263 g/mol. The summed E-state index contributed by atoms with van der Waals surface area (Å²) in [6.07, 6.45) is 0.996. The Labute approximate surface area is 86.3 Å². The zero-order valence-corrected chi connectivity index (χ0v) is 9.31. The van der Waals surface area contributed by atoms with Crippen molar-refractivity contribution in [1.29, 1.82) is 0 Å². The summed E-state index contributed by atoms with van der Waals surface area (Å²) in [6, 6.07) is 7.27. The molecule has 63 valence electrons. The third-order valence-electron chi connectivity index (χ3n) is 1.94. The first-order valence-corrected chi connectivity index (χ1v) is 5.04. The predicted molar refractivity (Wildman–Crippen MR) is 56.4 cm³/mol. The van der Waals surface area contributed by atoms with Gasteiger partial charge in [0.1, 0.15) is 11.4 Å². The third kappa shape index (κ3) is 1.44. The lowest BCUT2D eigenvalue weighted by Gasteiger charge is -2.16. The normalized spacial score (nSPS) is 18.6. The molecule has 12 heavy (non-hydrogen) atoms. The van der Waals surface area contributed by atoms with Gasteiger partial charge in [-0.3, -0.25) is 0 Å². The van der Waals surface area contributed by atoms with Crippen LogP contribution in [0.1, 0.15) is 19.4 Å². The van der Waals surface area contributed by atoms with Crippen molar-refractivity contribution in [2.75, 3.05) is 0 Å². The first-order chi connectivity index (χ1) is 5.57. The highest BCUT2D eigenvalue weighted by Gasteiger charge is 2.29. The predicted octanol–water partition coefficient (Wildman–Crippen LogP) is 2.80. The summed E-state index contributed by atoms with van der Waals surface area (Å²) in [5.41, 5.74) is 1.25. The fourth-order valence-electron chi connectivity index (χ4n) is 1.50. The Morgan fingerprint density at radius 2 is 2.33 bits per heavy atom. The molecule has 1 aromatic rings. The summed E-state index contributed by atoms with van der Waals surface area (Å²) in [6.45, 7) is 4.21. The Morgan fingerprint density at radius 1 is 1.58 bits per heavy atom. The summed E-state index contributed by atoms with van der Waals surface area (Å²) >= 11 is 2.30. The van der Waals surface area contributed by atoms with Crippen molar-refractivity contribution in [3.8, 4) is 5.75 Å². The summed E-state index contributed by atoms with van der Waals surface area (Å²) in [5, 5.41) is 0. The zero-order valence-electron chi connectivity index (χ0n) is 7.15. The average Bonchev–Trinajstić information content (AvgIpc) is 2.21. The van der Waals surface area contributed by atoms with Crippen LogP contribution < -0.4 is 4.74 Å². The SMILES string of the molecule is CC1(C)Cc2cc(I)c[c]c2O1. The van der Waals surface area contributed by atoms with Crippen molar-refractivity contribution in [2.45, 2.75) is 25.9 Å². The first kappa shape index (κ1) is 8.35. The van der Waals surface area contributed by atoms with Crippen molar-refractivity contribution in [1.82, 2.24) is 0 Å². The molecule has 1 aliphatic rings. The van der Waals surface area contributed by atoms with Crippen molar-refractivity contribution in [2.24, 2.45) is 0 Å². The van der Waals surface area contributed by atoms with Gasteiger partial charge in [0.25, 0.3) is 0 Å². The lowest BCUT2D eigenvalue weighted by atomic mass is 10.0. The van der Waals surface area contributed by atoms with Gasteiger partial charge in [-0.2, -0.15) is 0 Å². The van der Waals surface area contributed by atoms with Gasteiger partial charge < -0.3 is 4.74 Å². The van der Waals surface area contributed by atoms with Gasteiger partial charge in [-0.25, -0.2) is 0 Å². The van der Waals surface area contributed by atoms with Crippen LogP contribution in [0.5, 0.6) is 5.75 Å². The van der Waals surface area contributed by atoms with Gasteiger partial charge in [-0.15, -0.1) is 0 Å². The minimum Gasteiger partial charge on any atom is -0.487 e. The topological polar surface area (TPSA) is 9.23 Å². The van der Waals surface area contributed by atoms with E-state index in [1.165, 1.54) is 9.13 Å². The number of fused-ring (bicyclic) bond motifs is 1. The first-order valence-electron chi connectivity index (χ1n) is 3.96. The lowest BCUT2D eigenvalue weighted by Crippen LogP contribution is -2.24. The van der Waals surface area contributed by atoms with Crippen LogP contribution in [0.3, 0.4) is 0 Å². The van der Waals surface area contributed by atoms with Crippen LogP contribution in [0.2, 0.25) is 0 Å². The Hall–Kier alpha value is -0.250. The highest BCUT2D eigenvalue weighted by molar-refractivity contribution is 14.1. The van der Waals surface area contributed by atoms with E-state index in [0.717, 1.165) is 12.2 Å². The van der Waals surface area contributed by atoms with E-state index in [1.807, 2.05) is 6.07 Å². The monoisotopic (exact) mass is 273 g/mol. The highest BCUT2D eigenvalue weighted by atomic mass is 127. The summed E-state index contributed by atoms with van der Waals surface area (Å²) in [5.74, 6) is 0.931. The van der Waals surface area contributed by atoms with Gasteiger partial charge in [0.15, 0.2) is 0 Å². The van der Waals surface area contributed by atoms with E-state index >= 15 is 0 Å². The maximum Gasteiger partial charge on any atom is 0.131 e. The van der Waals surface area contributed by atoms with Crippen LogP contribution in [-0.2, 0) is 6.42 Å². The maximum atomic E-state index is 5.69. The van der Waals surface area contributed by atoms with Crippen molar-refractivity contribution >= 4 is 22.6 Å². The molecule has 0 aromatic heterocycles. The molecule has 1 aliphatic heterocycles. The van der Waals surface area contributed by atoms with Gasteiger partial charge >= 0.3 is 0 Å². The molecule has 0 amide bonds. The molecule has 1 heterocycles. The van der Waals surface area contributed by atoms with Crippen molar-refractivity contribution < 1.29 is 4.74 Å². The van der Waals surface area contributed by atoms with Crippen LogP contribution >= 0.6 is 22.6 Å². The Bertz CT molecular complexity index is 318. The third-order valence-corrected chi connectivity index (χ3v) is 2.56. The Morgan fingerprint density at radius 3 is 3.08 bits per heavy atom. The Kier molecular flexibility index (Phi) is 1.82. The molecule has 1 nitrogen and oxygen atoms in total. The molecule has 0 N–H and O–H groups in total. The molecule has 0 spiro atoms. The number of halogens is 1. The van der Waals surface area contributed by atoms with Gasteiger partial charge in [0, 0.05) is 16.1 Å². The van der Waals surface area contributed by atoms with E-state index in [2.05, 4.69) is 48.6 Å². The average molecular weight is 273 g/mol. The standard InChI is InChI=1S/C10H10IO/c1-10(2)6-7-5-8(11)3-4-9(7)12-10/h3,5H,6H2,1-2H3. The molecule has 0 atom stereocenters. The molecular formula is C10H10IO. The van der Waals surface area contributed by atoms with E-state index in [-0.39, 0.29) is 5.60 Å². The number of hydrogen-bond donors (Lipinski definition) is 0. The number of ether oxygens (including phenoxy) is 1. The van der Waals surface area contributed by atoms with Crippen LogP contribution in [0.25, 0.3) is 0 Å². The number of hydrogen-bond acceptors (Lipinski definition) is 1. The van der Waals surface area contributed by atoms with Crippen LogP contribution in [0.4, 0.5) is 0 Å². The van der Waals surface area contributed by atoms with E-state index in [9.17, 15) is 0 Å². The van der Waals surface area contributed by atoms with E-state index in [1.54, 1.807) is 0 Å².